The Balaban J connectivity index is 1.82. The van der Waals surface area contributed by atoms with E-state index in [4.69, 9.17) is 11.6 Å². The Labute approximate surface area is 127 Å². The molecule has 0 unspecified atom stereocenters. The summed E-state index contributed by atoms with van der Waals surface area (Å²) in [6.45, 7) is 0.511. The Bertz CT molecular complexity index is 780. The van der Waals surface area contributed by atoms with Crippen LogP contribution in [0.5, 0.6) is 0 Å². The molecule has 5 heteroatoms. The number of nitrogens with one attached hydrogen (secondary N) is 1. The first-order valence-corrected chi connectivity index (χ1v) is 6.96. The molecule has 0 saturated heterocycles. The third-order valence-corrected chi connectivity index (χ3v) is 3.60. The number of fused-ring (bicyclic) bond motifs is 1. The van der Waals surface area contributed by atoms with Crippen LogP contribution >= 0.6 is 11.6 Å². The van der Waals surface area contributed by atoms with Crippen LogP contribution in [0.3, 0.4) is 0 Å². The van der Waals surface area contributed by atoms with Gasteiger partial charge in [-0.3, -0.25) is 9.89 Å². The number of amides is 1. The van der Waals surface area contributed by atoms with Crippen molar-refractivity contribution in [2.24, 2.45) is 0 Å². The summed E-state index contributed by atoms with van der Waals surface area (Å²) in [5.41, 5.74) is 2.33. The fourth-order valence-corrected chi connectivity index (χ4v) is 2.37. The van der Waals surface area contributed by atoms with Gasteiger partial charge in [-0.1, -0.05) is 41.9 Å². The zero-order valence-electron chi connectivity index (χ0n) is 11.5. The second-order valence-electron chi connectivity index (χ2n) is 4.91. The number of aromatic amines is 1. The molecule has 1 aromatic heterocycles. The van der Waals surface area contributed by atoms with Crippen LogP contribution in [0.4, 0.5) is 0 Å². The summed E-state index contributed by atoms with van der Waals surface area (Å²) in [5.74, 6) is -0.109. The number of carbonyl (C=O) groups is 1. The van der Waals surface area contributed by atoms with Gasteiger partial charge < -0.3 is 4.90 Å². The van der Waals surface area contributed by atoms with Crippen molar-refractivity contribution in [2.45, 2.75) is 6.54 Å². The first kappa shape index (κ1) is 13.6. The number of aromatic nitrogens is 2. The van der Waals surface area contributed by atoms with E-state index in [2.05, 4.69) is 10.2 Å². The van der Waals surface area contributed by atoms with Crippen LogP contribution in [0.25, 0.3) is 10.9 Å². The maximum atomic E-state index is 12.5. The smallest absolute Gasteiger partial charge is 0.275 e. The highest BCUT2D eigenvalue weighted by molar-refractivity contribution is 6.30. The predicted octanol–water partition coefficient (Wildman–Crippen LogP) is 3.49. The van der Waals surface area contributed by atoms with Crippen LogP contribution < -0.4 is 0 Å². The molecule has 0 spiro atoms. The van der Waals surface area contributed by atoms with Crippen LogP contribution in [0, 0.1) is 0 Å². The van der Waals surface area contributed by atoms with E-state index in [-0.39, 0.29) is 5.91 Å². The van der Waals surface area contributed by atoms with Crippen molar-refractivity contribution in [1.82, 2.24) is 15.1 Å². The number of hydrogen-bond acceptors (Lipinski definition) is 2. The van der Waals surface area contributed by atoms with E-state index in [1.807, 2.05) is 48.5 Å². The molecule has 3 aromatic rings. The summed E-state index contributed by atoms with van der Waals surface area (Å²) in [6.07, 6.45) is 0. The van der Waals surface area contributed by atoms with Crippen LogP contribution in [0.2, 0.25) is 5.02 Å². The predicted molar refractivity (Wildman–Crippen MR) is 83.3 cm³/mol. The Morgan fingerprint density at radius 2 is 1.90 bits per heavy atom. The molecule has 0 bridgehead atoms. The maximum Gasteiger partial charge on any atom is 0.275 e. The molecule has 1 heterocycles. The summed E-state index contributed by atoms with van der Waals surface area (Å²) in [4.78, 5) is 14.2. The maximum absolute atomic E-state index is 12.5. The number of hydrogen-bond donors (Lipinski definition) is 1. The van der Waals surface area contributed by atoms with E-state index in [0.29, 0.717) is 17.3 Å². The van der Waals surface area contributed by atoms with Crippen LogP contribution in [0.1, 0.15) is 16.1 Å². The normalized spacial score (nSPS) is 10.8. The molecule has 2 aromatic carbocycles. The fraction of sp³-hybridized carbons (Fsp3) is 0.125. The average Bonchev–Trinajstić information content (AvgIpc) is 2.92. The lowest BCUT2D eigenvalue weighted by atomic mass is 10.2. The number of carbonyl (C=O) groups excluding carboxylic acids is 1. The number of H-pyrrole nitrogens is 1. The van der Waals surface area contributed by atoms with Gasteiger partial charge in [-0.25, -0.2) is 0 Å². The summed E-state index contributed by atoms with van der Waals surface area (Å²) in [5, 5.41) is 8.54. The van der Waals surface area contributed by atoms with Crippen molar-refractivity contribution in [3.05, 3.63) is 64.8 Å². The molecule has 0 aliphatic rings. The molecule has 0 atom stereocenters. The standard InChI is InChI=1S/C16H14ClN3O/c1-20(10-11-6-8-12(17)9-7-11)16(21)15-13-4-2-3-5-14(13)18-19-15/h2-9H,10H2,1H3,(H,18,19). The third kappa shape index (κ3) is 2.76. The monoisotopic (exact) mass is 299 g/mol. The second kappa shape index (κ2) is 5.58. The fourth-order valence-electron chi connectivity index (χ4n) is 2.24. The van der Waals surface area contributed by atoms with Crippen LogP contribution in [0.15, 0.2) is 48.5 Å². The number of halogens is 1. The summed E-state index contributed by atoms with van der Waals surface area (Å²) in [6, 6.07) is 15.1. The van der Waals surface area contributed by atoms with Crippen LogP contribution in [-0.4, -0.2) is 28.1 Å². The SMILES string of the molecule is CN(Cc1ccc(Cl)cc1)C(=O)c1n[nH]c2ccccc12. The molecule has 1 N–H and O–H groups in total. The van der Waals surface area contributed by atoms with Gasteiger partial charge in [0.25, 0.3) is 5.91 Å². The van der Waals surface area contributed by atoms with Crippen molar-refractivity contribution in [3.63, 3.8) is 0 Å². The largest absolute Gasteiger partial charge is 0.336 e. The lowest BCUT2D eigenvalue weighted by molar-refractivity contribution is 0.0781. The number of benzene rings is 2. The molecule has 4 nitrogen and oxygen atoms in total. The van der Waals surface area contributed by atoms with Crippen LogP contribution in [-0.2, 0) is 6.54 Å². The van der Waals surface area contributed by atoms with E-state index in [1.54, 1.807) is 11.9 Å². The third-order valence-electron chi connectivity index (χ3n) is 3.35. The Morgan fingerprint density at radius 3 is 2.67 bits per heavy atom. The first-order valence-electron chi connectivity index (χ1n) is 6.58. The van der Waals surface area contributed by atoms with Crippen molar-refractivity contribution in [1.29, 1.82) is 0 Å². The van der Waals surface area contributed by atoms with Crippen molar-refractivity contribution >= 4 is 28.4 Å². The van der Waals surface area contributed by atoms with Gasteiger partial charge in [0.15, 0.2) is 5.69 Å². The molecule has 0 aliphatic carbocycles. The molecule has 0 fully saturated rings. The molecule has 0 saturated carbocycles. The number of nitrogens with zero attached hydrogens (tertiary/aromatic N) is 2. The van der Waals surface area contributed by atoms with Gasteiger partial charge in [0, 0.05) is 24.0 Å². The van der Waals surface area contributed by atoms with Gasteiger partial charge in [-0.05, 0) is 23.8 Å². The Kier molecular flexibility index (Phi) is 3.62. The minimum absolute atomic E-state index is 0.109. The highest BCUT2D eigenvalue weighted by atomic mass is 35.5. The Hall–Kier alpha value is -2.33. The minimum Gasteiger partial charge on any atom is -0.336 e. The van der Waals surface area contributed by atoms with E-state index < -0.39 is 0 Å². The zero-order valence-corrected chi connectivity index (χ0v) is 12.3. The molecule has 0 radical (unpaired) electrons. The van der Waals surface area contributed by atoms with E-state index in [9.17, 15) is 4.79 Å². The first-order chi connectivity index (χ1) is 10.1. The van der Waals surface area contributed by atoms with Gasteiger partial charge in [-0.15, -0.1) is 0 Å². The molecule has 1 amide bonds. The van der Waals surface area contributed by atoms with Gasteiger partial charge in [0.05, 0.1) is 5.52 Å². The minimum atomic E-state index is -0.109. The number of para-hydroxylation sites is 1. The summed E-state index contributed by atoms with van der Waals surface area (Å²) >= 11 is 5.86. The highest BCUT2D eigenvalue weighted by Crippen LogP contribution is 2.18. The number of rotatable bonds is 3. The molecule has 0 aliphatic heterocycles. The van der Waals surface area contributed by atoms with E-state index in [1.165, 1.54) is 0 Å². The van der Waals surface area contributed by atoms with Crippen molar-refractivity contribution in [2.75, 3.05) is 7.05 Å². The summed E-state index contributed by atoms with van der Waals surface area (Å²) in [7, 11) is 1.76. The highest BCUT2D eigenvalue weighted by Gasteiger charge is 2.18. The Morgan fingerprint density at radius 1 is 1.19 bits per heavy atom. The van der Waals surface area contributed by atoms with Gasteiger partial charge in [-0.2, -0.15) is 5.10 Å². The summed E-state index contributed by atoms with van der Waals surface area (Å²) < 4.78 is 0. The van der Waals surface area contributed by atoms with E-state index in [0.717, 1.165) is 16.5 Å². The molecular weight excluding hydrogens is 286 g/mol. The molecule has 21 heavy (non-hydrogen) atoms. The van der Waals surface area contributed by atoms with Gasteiger partial charge >= 0.3 is 0 Å². The molecule has 3 rings (SSSR count). The lowest BCUT2D eigenvalue weighted by Gasteiger charge is -2.16. The van der Waals surface area contributed by atoms with E-state index >= 15 is 0 Å². The second-order valence-corrected chi connectivity index (χ2v) is 5.34. The molecular formula is C16H14ClN3O. The topological polar surface area (TPSA) is 49.0 Å². The zero-order chi connectivity index (χ0) is 14.8. The average molecular weight is 300 g/mol. The van der Waals surface area contributed by atoms with Gasteiger partial charge in [0.2, 0.25) is 0 Å². The lowest BCUT2D eigenvalue weighted by Crippen LogP contribution is -2.26. The molecule has 106 valence electrons. The van der Waals surface area contributed by atoms with Crippen molar-refractivity contribution in [3.8, 4) is 0 Å². The van der Waals surface area contributed by atoms with Gasteiger partial charge in [0.1, 0.15) is 0 Å². The quantitative estimate of drug-likeness (QED) is 0.805. The van der Waals surface area contributed by atoms with Crippen molar-refractivity contribution < 1.29 is 4.79 Å².